The van der Waals surface area contributed by atoms with Gasteiger partial charge in [0.1, 0.15) is 0 Å². The molecule has 0 radical (unpaired) electrons. The molecule has 4 heteroatoms. The van der Waals surface area contributed by atoms with Crippen LogP contribution in [0.3, 0.4) is 0 Å². The second-order valence-corrected chi connectivity index (χ2v) is 5.17. The Morgan fingerprint density at radius 2 is 2.05 bits per heavy atom. The summed E-state index contributed by atoms with van der Waals surface area (Å²) < 4.78 is 5.45. The summed E-state index contributed by atoms with van der Waals surface area (Å²) >= 11 is 5.80. The number of hydrogen-bond donors (Lipinski definition) is 2. The highest BCUT2D eigenvalue weighted by Crippen LogP contribution is 2.10. The van der Waals surface area contributed by atoms with Crippen molar-refractivity contribution in [1.29, 1.82) is 0 Å². The molecule has 0 saturated carbocycles. The minimum absolute atomic E-state index is 0.324. The molecule has 0 bridgehead atoms. The molecular formula is C15H22ClNO2. The van der Waals surface area contributed by atoms with E-state index in [9.17, 15) is 5.11 Å². The van der Waals surface area contributed by atoms with Crippen LogP contribution < -0.4 is 5.32 Å². The van der Waals surface area contributed by atoms with Crippen LogP contribution in [0.1, 0.15) is 19.4 Å². The molecule has 0 heterocycles. The van der Waals surface area contributed by atoms with Crippen LogP contribution in [0.15, 0.2) is 35.9 Å². The van der Waals surface area contributed by atoms with Crippen molar-refractivity contribution in [3.63, 3.8) is 0 Å². The molecule has 3 nitrogen and oxygen atoms in total. The van der Waals surface area contributed by atoms with E-state index >= 15 is 0 Å². The maximum atomic E-state index is 9.71. The number of benzene rings is 1. The smallest absolute Gasteiger partial charge is 0.0897 e. The minimum Gasteiger partial charge on any atom is -0.389 e. The van der Waals surface area contributed by atoms with Crippen molar-refractivity contribution < 1.29 is 9.84 Å². The zero-order valence-electron chi connectivity index (χ0n) is 11.5. The van der Waals surface area contributed by atoms with E-state index in [1.54, 1.807) is 0 Å². The fraction of sp³-hybridized carbons (Fsp3) is 0.467. The fourth-order valence-corrected chi connectivity index (χ4v) is 1.60. The largest absolute Gasteiger partial charge is 0.389 e. The molecule has 0 aliphatic heterocycles. The zero-order chi connectivity index (χ0) is 14.1. The van der Waals surface area contributed by atoms with E-state index in [0.29, 0.717) is 24.8 Å². The molecule has 1 aromatic rings. The van der Waals surface area contributed by atoms with Gasteiger partial charge < -0.3 is 15.2 Å². The number of nitrogens with one attached hydrogen (secondary N) is 1. The Morgan fingerprint density at radius 1 is 1.37 bits per heavy atom. The first-order valence-corrected chi connectivity index (χ1v) is 6.80. The molecule has 0 aliphatic rings. The molecule has 0 aliphatic carbocycles. The van der Waals surface area contributed by atoms with Crippen LogP contribution >= 0.6 is 11.6 Å². The van der Waals surface area contributed by atoms with Crippen molar-refractivity contribution in [3.8, 4) is 0 Å². The van der Waals surface area contributed by atoms with Crippen molar-refractivity contribution in [2.75, 3.05) is 19.7 Å². The number of ether oxygens (including phenoxy) is 1. The van der Waals surface area contributed by atoms with Gasteiger partial charge in [-0.15, -0.1) is 0 Å². The van der Waals surface area contributed by atoms with Gasteiger partial charge in [0, 0.05) is 18.1 Å². The Labute approximate surface area is 120 Å². The summed E-state index contributed by atoms with van der Waals surface area (Å²) in [7, 11) is 0. The predicted octanol–water partition coefficient (Wildman–Crippen LogP) is 2.77. The first-order valence-electron chi connectivity index (χ1n) is 6.42. The van der Waals surface area contributed by atoms with E-state index in [1.165, 1.54) is 5.57 Å². The van der Waals surface area contributed by atoms with Crippen molar-refractivity contribution in [3.05, 3.63) is 46.5 Å². The molecule has 0 fully saturated rings. The highest BCUT2D eigenvalue weighted by atomic mass is 35.5. The molecule has 2 N–H and O–H groups in total. The van der Waals surface area contributed by atoms with Gasteiger partial charge in [0.25, 0.3) is 0 Å². The van der Waals surface area contributed by atoms with E-state index in [1.807, 2.05) is 38.1 Å². The second-order valence-electron chi connectivity index (χ2n) is 4.74. The fourth-order valence-electron chi connectivity index (χ4n) is 1.48. The van der Waals surface area contributed by atoms with Gasteiger partial charge in [-0.1, -0.05) is 35.4 Å². The molecule has 0 aromatic heterocycles. The third-order valence-electron chi connectivity index (χ3n) is 2.53. The van der Waals surface area contributed by atoms with Crippen molar-refractivity contribution in [1.82, 2.24) is 5.32 Å². The van der Waals surface area contributed by atoms with Crippen LogP contribution in [0.2, 0.25) is 5.02 Å². The summed E-state index contributed by atoms with van der Waals surface area (Å²) in [5.74, 6) is 0. The number of aliphatic hydroxyl groups excluding tert-OH is 1. The van der Waals surface area contributed by atoms with Crippen LogP contribution in [-0.2, 0) is 11.3 Å². The van der Waals surface area contributed by atoms with Crippen LogP contribution in [-0.4, -0.2) is 30.9 Å². The Hall–Kier alpha value is -0.870. The van der Waals surface area contributed by atoms with Gasteiger partial charge >= 0.3 is 0 Å². The molecule has 1 aromatic carbocycles. The first kappa shape index (κ1) is 16.2. The third-order valence-corrected chi connectivity index (χ3v) is 2.78. The lowest BCUT2D eigenvalue weighted by Gasteiger charge is -2.11. The minimum atomic E-state index is -0.488. The molecular weight excluding hydrogens is 262 g/mol. The summed E-state index contributed by atoms with van der Waals surface area (Å²) in [6, 6.07) is 7.50. The van der Waals surface area contributed by atoms with E-state index in [-0.39, 0.29) is 0 Å². The highest BCUT2D eigenvalue weighted by Gasteiger charge is 2.03. The van der Waals surface area contributed by atoms with Crippen LogP contribution in [0.4, 0.5) is 0 Å². The molecule has 0 spiro atoms. The van der Waals surface area contributed by atoms with Crippen LogP contribution in [0.25, 0.3) is 0 Å². The average molecular weight is 284 g/mol. The topological polar surface area (TPSA) is 41.5 Å². The Bertz CT molecular complexity index is 386. The lowest BCUT2D eigenvalue weighted by atomic mass is 10.2. The lowest BCUT2D eigenvalue weighted by molar-refractivity contribution is 0.0293. The zero-order valence-corrected chi connectivity index (χ0v) is 12.3. The molecule has 0 saturated heterocycles. The van der Waals surface area contributed by atoms with Gasteiger partial charge in [-0.2, -0.15) is 0 Å². The number of halogens is 1. The van der Waals surface area contributed by atoms with Crippen molar-refractivity contribution in [2.24, 2.45) is 0 Å². The van der Waals surface area contributed by atoms with Gasteiger partial charge in [0.15, 0.2) is 0 Å². The van der Waals surface area contributed by atoms with Crippen LogP contribution in [0.5, 0.6) is 0 Å². The Morgan fingerprint density at radius 3 is 2.68 bits per heavy atom. The summed E-state index contributed by atoms with van der Waals surface area (Å²) in [4.78, 5) is 0. The van der Waals surface area contributed by atoms with Gasteiger partial charge in [-0.25, -0.2) is 0 Å². The maximum Gasteiger partial charge on any atom is 0.0897 e. The van der Waals surface area contributed by atoms with E-state index in [0.717, 1.165) is 12.1 Å². The highest BCUT2D eigenvalue weighted by molar-refractivity contribution is 6.30. The van der Waals surface area contributed by atoms with E-state index < -0.39 is 6.10 Å². The molecule has 1 unspecified atom stereocenters. The Balaban J connectivity index is 2.11. The number of aliphatic hydroxyl groups is 1. The summed E-state index contributed by atoms with van der Waals surface area (Å²) in [6.45, 7) is 6.22. The quantitative estimate of drug-likeness (QED) is 0.569. The SMILES string of the molecule is CC(C)=CCNCC(O)COCc1ccc(Cl)cc1. The van der Waals surface area contributed by atoms with Gasteiger partial charge in [0.05, 0.1) is 19.3 Å². The Kier molecular flexibility index (Phi) is 7.75. The number of rotatable bonds is 8. The van der Waals surface area contributed by atoms with E-state index in [2.05, 4.69) is 11.4 Å². The van der Waals surface area contributed by atoms with E-state index in [4.69, 9.17) is 16.3 Å². The monoisotopic (exact) mass is 283 g/mol. The molecule has 1 atom stereocenters. The predicted molar refractivity (Wildman–Crippen MR) is 79.4 cm³/mol. The van der Waals surface area contributed by atoms with Gasteiger partial charge in [0.2, 0.25) is 0 Å². The van der Waals surface area contributed by atoms with Gasteiger partial charge in [-0.05, 0) is 31.5 Å². The number of allylic oxidation sites excluding steroid dienone is 1. The van der Waals surface area contributed by atoms with Gasteiger partial charge in [-0.3, -0.25) is 0 Å². The second kappa shape index (κ2) is 9.10. The number of hydrogen-bond acceptors (Lipinski definition) is 3. The van der Waals surface area contributed by atoms with Crippen molar-refractivity contribution in [2.45, 2.75) is 26.6 Å². The molecule has 106 valence electrons. The summed E-state index contributed by atoms with van der Waals surface area (Å²) in [5, 5.41) is 13.6. The molecule has 0 amide bonds. The van der Waals surface area contributed by atoms with Crippen LogP contribution in [0, 0.1) is 0 Å². The lowest BCUT2D eigenvalue weighted by Crippen LogP contribution is -2.30. The normalized spacial score (nSPS) is 12.2. The first-order chi connectivity index (χ1) is 9.08. The third kappa shape index (κ3) is 8.01. The molecule has 1 rings (SSSR count). The van der Waals surface area contributed by atoms with Crippen molar-refractivity contribution >= 4 is 11.6 Å². The summed E-state index contributed by atoms with van der Waals surface area (Å²) in [6.07, 6.45) is 1.60. The average Bonchev–Trinajstić information content (AvgIpc) is 2.37. The molecule has 19 heavy (non-hydrogen) atoms. The summed E-state index contributed by atoms with van der Waals surface area (Å²) in [5.41, 5.74) is 2.31. The maximum absolute atomic E-state index is 9.71. The standard InChI is InChI=1S/C15H22ClNO2/c1-12(2)7-8-17-9-15(18)11-19-10-13-3-5-14(16)6-4-13/h3-7,15,17-18H,8-11H2,1-2H3.